The summed E-state index contributed by atoms with van der Waals surface area (Å²) >= 11 is 0. The van der Waals surface area contributed by atoms with E-state index in [0.717, 1.165) is 25.0 Å². The average molecular weight is 489 g/mol. The van der Waals surface area contributed by atoms with Gasteiger partial charge in [0.05, 0.1) is 22.5 Å². The van der Waals surface area contributed by atoms with Gasteiger partial charge in [0.1, 0.15) is 17.0 Å². The van der Waals surface area contributed by atoms with Gasteiger partial charge in [0, 0.05) is 18.9 Å². The Morgan fingerprint density at radius 3 is 2.54 bits per heavy atom. The number of aliphatic hydroxyl groups is 1. The van der Waals surface area contributed by atoms with E-state index in [1.807, 2.05) is 0 Å². The first-order chi connectivity index (χ1) is 16.4. The minimum absolute atomic E-state index is 0.112. The molecular weight excluding hydrogens is 463 g/mol. The maximum atomic E-state index is 13.0. The molecule has 0 atom stereocenters. The summed E-state index contributed by atoms with van der Waals surface area (Å²) in [6.07, 6.45) is 1.54. The number of halogens is 3. The molecule has 3 aromatic heterocycles. The quantitative estimate of drug-likeness (QED) is 0.446. The molecule has 4 rings (SSSR count). The van der Waals surface area contributed by atoms with Crippen molar-refractivity contribution >= 4 is 23.1 Å². The second kappa shape index (κ2) is 9.29. The molecule has 0 saturated heterocycles. The topological polar surface area (TPSA) is 109 Å². The van der Waals surface area contributed by atoms with E-state index in [-0.39, 0.29) is 11.3 Å². The molecule has 0 unspecified atom stereocenters. The van der Waals surface area contributed by atoms with Gasteiger partial charge in [0.2, 0.25) is 0 Å². The molecule has 1 saturated carbocycles. The zero-order valence-corrected chi connectivity index (χ0v) is 19.3. The summed E-state index contributed by atoms with van der Waals surface area (Å²) in [4.78, 5) is 33.6. The molecule has 0 radical (unpaired) electrons. The van der Waals surface area contributed by atoms with E-state index in [1.54, 1.807) is 24.4 Å². The van der Waals surface area contributed by atoms with Crippen molar-refractivity contribution in [1.82, 2.24) is 19.7 Å². The lowest BCUT2D eigenvalue weighted by atomic mass is 10.0. The predicted molar refractivity (Wildman–Crippen MR) is 122 cm³/mol. The maximum Gasteiger partial charge on any atom is 0.433 e. The van der Waals surface area contributed by atoms with E-state index in [1.165, 1.54) is 18.3 Å². The number of rotatable bonds is 8. The highest BCUT2D eigenvalue weighted by molar-refractivity contribution is 6.08. The molecule has 3 aromatic rings. The van der Waals surface area contributed by atoms with E-state index >= 15 is 0 Å². The number of aryl methyl sites for hydroxylation is 1. The van der Waals surface area contributed by atoms with Gasteiger partial charge in [0.15, 0.2) is 0 Å². The number of anilines is 1. The lowest BCUT2D eigenvalue weighted by Crippen LogP contribution is -2.27. The summed E-state index contributed by atoms with van der Waals surface area (Å²) in [5.41, 5.74) is -1.10. The first-order valence-corrected chi connectivity index (χ1v) is 11.3. The van der Waals surface area contributed by atoms with Crippen LogP contribution in [0.1, 0.15) is 65.3 Å². The molecule has 1 fully saturated rings. The highest BCUT2D eigenvalue weighted by atomic mass is 19.4. The van der Waals surface area contributed by atoms with Crippen LogP contribution in [-0.2, 0) is 12.6 Å². The fourth-order valence-corrected chi connectivity index (χ4v) is 3.49. The van der Waals surface area contributed by atoms with Gasteiger partial charge in [-0.25, -0.2) is 9.97 Å². The highest BCUT2D eigenvalue weighted by Gasteiger charge is 2.33. The van der Waals surface area contributed by atoms with Crippen LogP contribution in [-0.4, -0.2) is 43.4 Å². The van der Waals surface area contributed by atoms with Crippen molar-refractivity contribution in [1.29, 1.82) is 0 Å². The Morgan fingerprint density at radius 1 is 1.14 bits per heavy atom. The average Bonchev–Trinajstić information content (AvgIpc) is 3.52. The molecule has 0 aromatic carbocycles. The maximum absolute atomic E-state index is 13.0. The number of carbonyl (C=O) groups is 2. The zero-order valence-electron chi connectivity index (χ0n) is 19.3. The number of pyridine rings is 2. The largest absolute Gasteiger partial charge is 0.433 e. The number of hydrogen-bond acceptors (Lipinski definition) is 5. The molecule has 3 heterocycles. The first-order valence-electron chi connectivity index (χ1n) is 11.3. The van der Waals surface area contributed by atoms with Gasteiger partial charge < -0.3 is 20.1 Å². The van der Waals surface area contributed by atoms with E-state index in [4.69, 9.17) is 0 Å². The van der Waals surface area contributed by atoms with Gasteiger partial charge in [-0.15, -0.1) is 0 Å². The minimum atomic E-state index is -4.70. The SMILES string of the molecule is CC(C)(O)CCc1cn2cc(NC(=O)c3cccc(C(F)(F)F)n3)c(C(=O)NCC3CC3)cc2n1. The molecule has 8 nitrogen and oxygen atoms in total. The van der Waals surface area contributed by atoms with Crippen LogP contribution in [0.2, 0.25) is 0 Å². The van der Waals surface area contributed by atoms with Gasteiger partial charge in [0.25, 0.3) is 11.8 Å². The third-order valence-electron chi connectivity index (χ3n) is 5.65. The summed E-state index contributed by atoms with van der Waals surface area (Å²) in [5, 5.41) is 15.4. The molecular formula is C24H26F3N5O3. The number of nitrogens with one attached hydrogen (secondary N) is 2. The lowest BCUT2D eigenvalue weighted by Gasteiger charge is -2.15. The Bertz CT molecular complexity index is 1260. The van der Waals surface area contributed by atoms with E-state index in [0.29, 0.717) is 36.6 Å². The Labute approximate surface area is 199 Å². The number of aromatic nitrogens is 3. The van der Waals surface area contributed by atoms with Crippen LogP contribution in [0.5, 0.6) is 0 Å². The number of imidazole rings is 1. The molecule has 3 N–H and O–H groups in total. The van der Waals surface area contributed by atoms with Crippen LogP contribution in [0.4, 0.5) is 18.9 Å². The number of amides is 2. The summed E-state index contributed by atoms with van der Waals surface area (Å²) in [6.45, 7) is 3.89. The third kappa shape index (κ3) is 6.36. The second-order valence-corrected chi connectivity index (χ2v) is 9.42. The van der Waals surface area contributed by atoms with Crippen molar-refractivity contribution in [3.8, 4) is 0 Å². The van der Waals surface area contributed by atoms with Crippen LogP contribution < -0.4 is 10.6 Å². The molecule has 0 aliphatic heterocycles. The monoisotopic (exact) mass is 489 g/mol. The molecule has 0 spiro atoms. The molecule has 0 bridgehead atoms. The van der Waals surface area contributed by atoms with Crippen molar-refractivity contribution in [2.45, 2.75) is 51.3 Å². The summed E-state index contributed by atoms with van der Waals surface area (Å²) in [5.74, 6) is -0.878. The van der Waals surface area contributed by atoms with Crippen molar-refractivity contribution < 1.29 is 27.9 Å². The smallest absolute Gasteiger partial charge is 0.390 e. The van der Waals surface area contributed by atoms with Gasteiger partial charge >= 0.3 is 6.18 Å². The van der Waals surface area contributed by atoms with Crippen molar-refractivity contribution in [2.75, 3.05) is 11.9 Å². The predicted octanol–water partition coefficient (Wildman–Crippen LogP) is 3.84. The van der Waals surface area contributed by atoms with Crippen LogP contribution in [0, 0.1) is 5.92 Å². The van der Waals surface area contributed by atoms with Gasteiger partial charge in [-0.1, -0.05) is 6.07 Å². The molecule has 1 aliphatic rings. The second-order valence-electron chi connectivity index (χ2n) is 9.42. The van der Waals surface area contributed by atoms with E-state index in [2.05, 4.69) is 20.6 Å². The minimum Gasteiger partial charge on any atom is -0.390 e. The van der Waals surface area contributed by atoms with Crippen LogP contribution in [0.25, 0.3) is 5.65 Å². The zero-order chi connectivity index (χ0) is 25.4. The summed E-state index contributed by atoms with van der Waals surface area (Å²) in [7, 11) is 0. The molecule has 2 amide bonds. The fraction of sp³-hybridized carbons (Fsp3) is 0.417. The number of carbonyl (C=O) groups excluding carboxylic acids is 2. The third-order valence-corrected chi connectivity index (χ3v) is 5.65. The Morgan fingerprint density at radius 2 is 1.89 bits per heavy atom. The first kappa shape index (κ1) is 24.6. The van der Waals surface area contributed by atoms with Gasteiger partial charge in [-0.3, -0.25) is 9.59 Å². The number of alkyl halides is 3. The van der Waals surface area contributed by atoms with Gasteiger partial charge in [-0.2, -0.15) is 13.2 Å². The van der Waals surface area contributed by atoms with Crippen molar-refractivity contribution in [2.24, 2.45) is 5.92 Å². The standard InChI is InChI=1S/C24H26F3N5O3/c1-23(2,35)9-8-15-12-32-13-18(16(10-20(32)29-15)21(33)28-11-14-6-7-14)31-22(34)17-4-3-5-19(30-17)24(25,26)27/h3-5,10,12-14,35H,6-9,11H2,1-2H3,(H,28,33)(H,31,34). The van der Waals surface area contributed by atoms with E-state index < -0.39 is 35.0 Å². The molecule has 35 heavy (non-hydrogen) atoms. The molecule has 11 heteroatoms. The fourth-order valence-electron chi connectivity index (χ4n) is 3.49. The van der Waals surface area contributed by atoms with E-state index in [9.17, 15) is 27.9 Å². The van der Waals surface area contributed by atoms with Crippen LogP contribution in [0.3, 0.4) is 0 Å². The Hall–Kier alpha value is -3.47. The number of fused-ring (bicyclic) bond motifs is 1. The van der Waals surface area contributed by atoms with Gasteiger partial charge in [-0.05, 0) is 63.6 Å². The lowest BCUT2D eigenvalue weighted by molar-refractivity contribution is -0.141. The van der Waals surface area contributed by atoms with Crippen LogP contribution in [0.15, 0.2) is 36.7 Å². The summed E-state index contributed by atoms with van der Waals surface area (Å²) < 4.78 is 40.7. The van der Waals surface area contributed by atoms with Crippen LogP contribution >= 0.6 is 0 Å². The number of hydrogen-bond donors (Lipinski definition) is 3. The number of nitrogens with zero attached hydrogens (tertiary/aromatic N) is 3. The normalized spacial score (nSPS) is 14.2. The Kier molecular flexibility index (Phi) is 6.54. The molecule has 186 valence electrons. The van der Waals surface area contributed by atoms with Crippen molar-refractivity contribution in [3.05, 3.63) is 59.3 Å². The highest BCUT2D eigenvalue weighted by Crippen LogP contribution is 2.29. The van der Waals surface area contributed by atoms with Crippen molar-refractivity contribution in [3.63, 3.8) is 0 Å². The Balaban J connectivity index is 1.64. The summed E-state index contributed by atoms with van der Waals surface area (Å²) in [6, 6.07) is 4.56. The molecule has 1 aliphatic carbocycles.